The normalized spacial score (nSPS) is 22.4. The van der Waals surface area contributed by atoms with Crippen LogP contribution in [0.4, 0.5) is 0 Å². The van der Waals surface area contributed by atoms with Crippen LogP contribution in [0.3, 0.4) is 0 Å². The molecule has 8 heteroatoms. The van der Waals surface area contributed by atoms with Crippen molar-refractivity contribution in [2.75, 3.05) is 6.61 Å². The number of nitrogens with zero attached hydrogens (tertiary/aromatic N) is 4. The lowest BCUT2D eigenvalue weighted by molar-refractivity contribution is -0.138. The Morgan fingerprint density at radius 1 is 1.61 bits per heavy atom. The number of ether oxygens (including phenoxy) is 1. The van der Waals surface area contributed by atoms with Gasteiger partial charge in [-0.25, -0.2) is 14.8 Å². The molecule has 1 unspecified atom stereocenters. The Morgan fingerprint density at radius 3 is 3.00 bits per heavy atom. The third kappa shape index (κ3) is 2.53. The van der Waals surface area contributed by atoms with Gasteiger partial charge in [0.2, 0.25) is 2.88 Å². The lowest BCUT2D eigenvalue weighted by Gasteiger charge is -2.13. The van der Waals surface area contributed by atoms with E-state index in [9.17, 15) is 4.79 Å². The minimum absolute atomic E-state index is 0.278. The van der Waals surface area contributed by atoms with Crippen LogP contribution in [0.25, 0.3) is 5.70 Å². The summed E-state index contributed by atoms with van der Waals surface area (Å²) in [5, 5.41) is 7.92. The minimum atomic E-state index is -1.02. The molecule has 0 N–H and O–H groups in total. The number of carbonyl (C=O) groups excluding carboxylic acids is 1. The van der Waals surface area contributed by atoms with Gasteiger partial charge in [0, 0.05) is 6.20 Å². The van der Waals surface area contributed by atoms with Crippen LogP contribution in [0.2, 0.25) is 0 Å². The molecule has 0 fully saturated rings. The minimum Gasteiger partial charge on any atom is -0.462 e. The van der Waals surface area contributed by atoms with E-state index in [0.717, 1.165) is 0 Å². The number of alkyl halides is 1. The second-order valence-electron chi connectivity index (χ2n) is 3.33. The fraction of sp³-hybridized carbons (Fsp3) is 0.300. The lowest BCUT2D eigenvalue weighted by Crippen LogP contribution is -2.20. The Kier molecular flexibility index (Phi) is 3.95. The van der Waals surface area contributed by atoms with Crippen LogP contribution in [0, 0.1) is 0 Å². The molecule has 1 aromatic rings. The standard InChI is InChI=1S/C10H9IN4O2S/c1-2-17-9(16)7-8(14-15-10(7,11)18)6-3-4-12-5-13-6/h3-5,18H,2H2,1H3. The third-order valence-corrected chi connectivity index (χ3v) is 3.21. The molecule has 18 heavy (non-hydrogen) atoms. The summed E-state index contributed by atoms with van der Waals surface area (Å²) in [4.78, 5) is 19.8. The largest absolute Gasteiger partial charge is 0.462 e. The van der Waals surface area contributed by atoms with Crippen molar-refractivity contribution in [3.63, 3.8) is 0 Å². The van der Waals surface area contributed by atoms with E-state index in [2.05, 4.69) is 32.8 Å². The van der Waals surface area contributed by atoms with Crippen molar-refractivity contribution < 1.29 is 9.53 Å². The van der Waals surface area contributed by atoms with Gasteiger partial charge in [0.15, 0.2) is 0 Å². The summed E-state index contributed by atoms with van der Waals surface area (Å²) in [5.74, 6) is -0.486. The highest BCUT2D eigenvalue weighted by atomic mass is 127. The van der Waals surface area contributed by atoms with Gasteiger partial charge in [-0.15, -0.1) is 12.6 Å². The van der Waals surface area contributed by atoms with Gasteiger partial charge in [-0.3, -0.25) is 0 Å². The van der Waals surface area contributed by atoms with Crippen molar-refractivity contribution in [2.45, 2.75) is 9.80 Å². The maximum atomic E-state index is 11.9. The van der Waals surface area contributed by atoms with Crippen LogP contribution in [-0.4, -0.2) is 25.4 Å². The van der Waals surface area contributed by atoms with Crippen molar-refractivity contribution in [3.8, 4) is 0 Å². The van der Waals surface area contributed by atoms with Crippen molar-refractivity contribution in [2.24, 2.45) is 10.2 Å². The smallest absolute Gasteiger partial charge is 0.340 e. The van der Waals surface area contributed by atoms with Gasteiger partial charge >= 0.3 is 5.97 Å². The highest BCUT2D eigenvalue weighted by molar-refractivity contribution is 14.1. The van der Waals surface area contributed by atoms with Gasteiger partial charge in [0.25, 0.3) is 0 Å². The van der Waals surface area contributed by atoms with E-state index in [1.54, 1.807) is 19.2 Å². The van der Waals surface area contributed by atoms with E-state index in [0.29, 0.717) is 11.4 Å². The molecule has 2 heterocycles. The summed E-state index contributed by atoms with van der Waals surface area (Å²) in [6.45, 7) is 2.01. The van der Waals surface area contributed by atoms with Gasteiger partial charge in [0.1, 0.15) is 17.6 Å². The van der Waals surface area contributed by atoms with Crippen LogP contribution in [0.1, 0.15) is 12.6 Å². The van der Waals surface area contributed by atoms with E-state index in [1.165, 1.54) is 6.33 Å². The quantitative estimate of drug-likeness (QED) is 0.289. The zero-order valence-electron chi connectivity index (χ0n) is 9.37. The highest BCUT2D eigenvalue weighted by Gasteiger charge is 2.41. The molecule has 6 nitrogen and oxygen atoms in total. The molecule has 2 rings (SSSR count). The Balaban J connectivity index is 2.50. The first kappa shape index (κ1) is 13.4. The van der Waals surface area contributed by atoms with Gasteiger partial charge in [-0.1, -0.05) is 0 Å². The average Bonchev–Trinajstić information content (AvgIpc) is 2.66. The number of carbonyl (C=O) groups is 1. The molecule has 0 saturated heterocycles. The molecule has 0 aromatic carbocycles. The summed E-state index contributed by atoms with van der Waals surface area (Å²) in [7, 11) is 0. The monoisotopic (exact) mass is 376 g/mol. The highest BCUT2D eigenvalue weighted by Crippen LogP contribution is 2.44. The molecule has 1 atom stereocenters. The van der Waals surface area contributed by atoms with Gasteiger partial charge in [-0.2, -0.15) is 10.2 Å². The molecule has 0 spiro atoms. The molecule has 0 aliphatic carbocycles. The first-order valence-corrected chi connectivity index (χ1v) is 6.61. The number of rotatable bonds is 3. The molecule has 94 valence electrons. The molecule has 0 radical (unpaired) electrons. The van der Waals surface area contributed by atoms with Crippen LogP contribution in [-0.2, 0) is 9.53 Å². The predicted octanol–water partition coefficient (Wildman–Crippen LogP) is 2.24. The fourth-order valence-electron chi connectivity index (χ4n) is 1.41. The van der Waals surface area contributed by atoms with Gasteiger partial charge in [-0.05, 0) is 35.6 Å². The summed E-state index contributed by atoms with van der Waals surface area (Å²) in [6.07, 6.45) is 2.95. The first-order valence-electron chi connectivity index (χ1n) is 5.08. The van der Waals surface area contributed by atoms with Crippen molar-refractivity contribution in [1.82, 2.24) is 9.97 Å². The topological polar surface area (TPSA) is 76.8 Å². The number of azo groups is 1. The Labute approximate surface area is 123 Å². The zero-order chi connectivity index (χ0) is 13.2. The predicted molar refractivity (Wildman–Crippen MR) is 76.2 cm³/mol. The number of esters is 1. The zero-order valence-corrected chi connectivity index (χ0v) is 12.4. The molecule has 1 aliphatic rings. The number of thiol groups is 1. The number of aromatic nitrogens is 2. The molecule has 0 saturated carbocycles. The number of halogens is 1. The molecular formula is C10H9IN4O2S. The Bertz CT molecular complexity index is 530. The van der Waals surface area contributed by atoms with Crippen LogP contribution in [0.15, 0.2) is 34.4 Å². The van der Waals surface area contributed by atoms with Gasteiger partial charge < -0.3 is 4.74 Å². The van der Waals surface area contributed by atoms with Crippen molar-refractivity contribution in [1.29, 1.82) is 0 Å². The van der Waals surface area contributed by atoms with Crippen molar-refractivity contribution >= 4 is 46.9 Å². The Hall–Kier alpha value is -1.03. The molecule has 1 aliphatic heterocycles. The molecule has 1 aromatic heterocycles. The molecule has 0 bridgehead atoms. The van der Waals surface area contributed by atoms with Crippen LogP contribution >= 0.6 is 35.2 Å². The van der Waals surface area contributed by atoms with Crippen molar-refractivity contribution in [3.05, 3.63) is 29.9 Å². The van der Waals surface area contributed by atoms with Crippen LogP contribution < -0.4 is 0 Å². The maximum absolute atomic E-state index is 11.9. The van der Waals surface area contributed by atoms with Gasteiger partial charge in [0.05, 0.1) is 12.3 Å². The lowest BCUT2D eigenvalue weighted by atomic mass is 10.1. The van der Waals surface area contributed by atoms with E-state index in [4.69, 9.17) is 4.74 Å². The summed E-state index contributed by atoms with van der Waals surface area (Å²) >= 11 is 6.24. The third-order valence-electron chi connectivity index (χ3n) is 2.14. The summed E-state index contributed by atoms with van der Waals surface area (Å²) in [5.41, 5.74) is 1.18. The first-order chi connectivity index (χ1) is 8.56. The van der Waals surface area contributed by atoms with E-state index in [-0.39, 0.29) is 12.2 Å². The van der Waals surface area contributed by atoms with E-state index in [1.807, 2.05) is 22.6 Å². The summed E-state index contributed by atoms with van der Waals surface area (Å²) in [6, 6.07) is 1.65. The Morgan fingerprint density at radius 2 is 2.39 bits per heavy atom. The molecule has 0 amide bonds. The number of hydrogen-bond donors (Lipinski definition) is 1. The maximum Gasteiger partial charge on any atom is 0.340 e. The second-order valence-corrected chi connectivity index (χ2v) is 6.39. The fourth-order valence-corrected chi connectivity index (χ4v) is 2.23. The van der Waals surface area contributed by atoms with E-state index >= 15 is 0 Å². The SMILES string of the molecule is CCOC(=O)C1=C(c2ccncn2)N=NC1(S)I. The average molecular weight is 376 g/mol. The second kappa shape index (κ2) is 5.31. The van der Waals surface area contributed by atoms with E-state index < -0.39 is 8.85 Å². The molecular weight excluding hydrogens is 367 g/mol. The summed E-state index contributed by atoms with van der Waals surface area (Å²) < 4.78 is 3.98. The van der Waals surface area contributed by atoms with Crippen LogP contribution in [0.5, 0.6) is 0 Å². The number of hydrogen-bond acceptors (Lipinski definition) is 7.